The molecule has 0 bridgehead atoms. The van der Waals surface area contributed by atoms with Crippen LogP contribution >= 0.6 is 0 Å². The van der Waals surface area contributed by atoms with Crippen molar-refractivity contribution in [1.82, 2.24) is 0 Å². The number of ether oxygens (including phenoxy) is 2. The molecule has 0 aliphatic heterocycles. The van der Waals surface area contributed by atoms with Gasteiger partial charge in [-0.05, 0) is 37.1 Å². The zero-order chi connectivity index (χ0) is 13.0. The maximum Gasteiger partial charge on any atom is 0.328 e. The molecule has 4 heteroatoms. The molecular formula is C13H16O4. The van der Waals surface area contributed by atoms with Crippen LogP contribution in [0.1, 0.15) is 18.1 Å². The largest absolute Gasteiger partial charge is 0.496 e. The van der Waals surface area contributed by atoms with E-state index in [9.17, 15) is 4.79 Å². The summed E-state index contributed by atoms with van der Waals surface area (Å²) >= 11 is 0. The Bertz CT molecular complexity index is 461. The van der Waals surface area contributed by atoms with Crippen LogP contribution in [0.25, 0.3) is 5.57 Å². The average Bonchev–Trinajstić information content (AvgIpc) is 2.27. The maximum atomic E-state index is 10.7. The van der Waals surface area contributed by atoms with E-state index in [1.807, 2.05) is 13.0 Å². The van der Waals surface area contributed by atoms with Gasteiger partial charge < -0.3 is 14.6 Å². The summed E-state index contributed by atoms with van der Waals surface area (Å²) in [6.45, 7) is 3.63. The molecule has 0 spiro atoms. The molecule has 0 saturated heterocycles. The monoisotopic (exact) mass is 236 g/mol. The number of aliphatic carboxylic acids is 1. The number of carbonyl (C=O) groups is 1. The Morgan fingerprint density at radius 3 is 2.29 bits per heavy atom. The Kier molecular flexibility index (Phi) is 4.15. The smallest absolute Gasteiger partial charge is 0.328 e. The fourth-order valence-electron chi connectivity index (χ4n) is 1.62. The van der Waals surface area contributed by atoms with Crippen LogP contribution in [0.3, 0.4) is 0 Å². The van der Waals surface area contributed by atoms with E-state index in [4.69, 9.17) is 14.6 Å². The number of allylic oxidation sites excluding steroid dienone is 1. The van der Waals surface area contributed by atoms with E-state index in [1.165, 1.54) is 0 Å². The van der Waals surface area contributed by atoms with E-state index in [1.54, 1.807) is 27.2 Å². The Hall–Kier alpha value is -1.97. The normalized spacial score (nSPS) is 11.2. The first kappa shape index (κ1) is 13.1. The molecule has 17 heavy (non-hydrogen) atoms. The topological polar surface area (TPSA) is 55.8 Å². The minimum absolute atomic E-state index is 0.618. The molecule has 0 aliphatic rings. The summed E-state index contributed by atoms with van der Waals surface area (Å²) in [5.41, 5.74) is 2.28. The van der Waals surface area contributed by atoms with Crippen molar-refractivity contribution in [2.75, 3.05) is 14.2 Å². The molecule has 0 heterocycles. The fourth-order valence-corrected chi connectivity index (χ4v) is 1.62. The number of benzene rings is 1. The van der Waals surface area contributed by atoms with E-state index in [-0.39, 0.29) is 0 Å². The van der Waals surface area contributed by atoms with Crippen molar-refractivity contribution in [2.24, 2.45) is 0 Å². The summed E-state index contributed by atoms with van der Waals surface area (Å²) in [5.74, 6) is 0.362. The van der Waals surface area contributed by atoms with E-state index < -0.39 is 5.97 Å². The molecule has 1 aromatic carbocycles. The third-order valence-corrected chi connectivity index (χ3v) is 2.48. The van der Waals surface area contributed by atoms with E-state index in [2.05, 4.69) is 0 Å². The van der Waals surface area contributed by atoms with Gasteiger partial charge in [-0.1, -0.05) is 0 Å². The van der Waals surface area contributed by atoms with Crippen LogP contribution in [0.2, 0.25) is 0 Å². The Balaban J connectivity index is 3.35. The molecule has 1 N–H and O–H groups in total. The molecule has 4 nitrogen and oxygen atoms in total. The summed E-state index contributed by atoms with van der Waals surface area (Å²) in [7, 11) is 3.13. The predicted octanol–water partition coefficient (Wildman–Crippen LogP) is 2.50. The lowest BCUT2D eigenvalue weighted by Gasteiger charge is -2.13. The van der Waals surface area contributed by atoms with Crippen LogP contribution < -0.4 is 9.47 Å². The molecule has 0 atom stereocenters. The first-order chi connectivity index (χ1) is 7.99. The van der Waals surface area contributed by atoms with Crippen LogP contribution in [-0.2, 0) is 4.79 Å². The minimum Gasteiger partial charge on any atom is -0.496 e. The van der Waals surface area contributed by atoms with Crippen molar-refractivity contribution >= 4 is 11.5 Å². The highest BCUT2D eigenvalue weighted by atomic mass is 16.5. The minimum atomic E-state index is -0.982. The summed E-state index contributed by atoms with van der Waals surface area (Å²) in [6.07, 6.45) is 1.15. The SMILES string of the molecule is COc1cc(/C(C)=C/C(=O)O)c(OC)cc1C. The second-order valence-corrected chi connectivity index (χ2v) is 3.69. The van der Waals surface area contributed by atoms with Gasteiger partial charge >= 0.3 is 5.97 Å². The summed E-state index contributed by atoms with van der Waals surface area (Å²) in [5, 5.41) is 8.74. The Labute approximate surface area is 100 Å². The Morgan fingerprint density at radius 2 is 1.82 bits per heavy atom. The van der Waals surface area contributed by atoms with Crippen LogP contribution in [0.15, 0.2) is 18.2 Å². The number of aryl methyl sites for hydroxylation is 1. The molecule has 92 valence electrons. The molecule has 0 fully saturated rings. The van der Waals surface area contributed by atoms with Crippen molar-refractivity contribution in [3.05, 3.63) is 29.3 Å². The quantitative estimate of drug-likeness (QED) is 0.816. The highest BCUT2D eigenvalue weighted by molar-refractivity contribution is 5.90. The van der Waals surface area contributed by atoms with Crippen LogP contribution in [0, 0.1) is 6.92 Å². The molecule has 0 aliphatic carbocycles. The van der Waals surface area contributed by atoms with E-state index >= 15 is 0 Å². The highest BCUT2D eigenvalue weighted by Gasteiger charge is 2.10. The first-order valence-corrected chi connectivity index (χ1v) is 5.13. The molecule has 0 amide bonds. The van der Waals surface area contributed by atoms with Crippen molar-refractivity contribution < 1.29 is 19.4 Å². The average molecular weight is 236 g/mol. The molecule has 0 aromatic heterocycles. The van der Waals surface area contributed by atoms with Crippen molar-refractivity contribution in [2.45, 2.75) is 13.8 Å². The zero-order valence-electron chi connectivity index (χ0n) is 10.4. The van der Waals surface area contributed by atoms with Gasteiger partial charge in [0.1, 0.15) is 11.5 Å². The zero-order valence-corrected chi connectivity index (χ0v) is 10.4. The molecule has 1 aromatic rings. The fraction of sp³-hybridized carbons (Fsp3) is 0.308. The second kappa shape index (κ2) is 5.39. The number of hydrogen-bond acceptors (Lipinski definition) is 3. The predicted molar refractivity (Wildman–Crippen MR) is 65.6 cm³/mol. The van der Waals surface area contributed by atoms with Crippen molar-refractivity contribution in [1.29, 1.82) is 0 Å². The Morgan fingerprint density at radius 1 is 1.24 bits per heavy atom. The maximum absolute atomic E-state index is 10.7. The highest BCUT2D eigenvalue weighted by Crippen LogP contribution is 2.32. The van der Waals surface area contributed by atoms with Crippen molar-refractivity contribution in [3.8, 4) is 11.5 Å². The van der Waals surface area contributed by atoms with Gasteiger partial charge in [-0.3, -0.25) is 0 Å². The number of methoxy groups -OCH3 is 2. The van der Waals surface area contributed by atoms with Gasteiger partial charge in [-0.2, -0.15) is 0 Å². The third-order valence-electron chi connectivity index (χ3n) is 2.48. The van der Waals surface area contributed by atoms with Gasteiger partial charge in [0, 0.05) is 11.6 Å². The molecular weight excluding hydrogens is 220 g/mol. The number of hydrogen-bond donors (Lipinski definition) is 1. The van der Waals surface area contributed by atoms with E-state index in [0.29, 0.717) is 17.1 Å². The van der Waals surface area contributed by atoms with Gasteiger partial charge in [0.15, 0.2) is 0 Å². The number of carboxylic acids is 1. The first-order valence-electron chi connectivity index (χ1n) is 5.13. The van der Waals surface area contributed by atoms with Crippen molar-refractivity contribution in [3.63, 3.8) is 0 Å². The molecule has 1 rings (SSSR count). The summed E-state index contributed by atoms with van der Waals surface area (Å²) < 4.78 is 10.4. The summed E-state index contributed by atoms with van der Waals surface area (Å²) in [4.78, 5) is 10.7. The lowest BCUT2D eigenvalue weighted by molar-refractivity contribution is -0.131. The number of rotatable bonds is 4. The second-order valence-electron chi connectivity index (χ2n) is 3.69. The van der Waals surface area contributed by atoms with Gasteiger partial charge in [-0.15, -0.1) is 0 Å². The lowest BCUT2D eigenvalue weighted by Crippen LogP contribution is -1.96. The number of carboxylic acid groups (broad SMARTS) is 1. The van der Waals surface area contributed by atoms with Gasteiger partial charge in [0.25, 0.3) is 0 Å². The van der Waals surface area contributed by atoms with Crippen LogP contribution in [-0.4, -0.2) is 25.3 Å². The standard InChI is InChI=1S/C13H16O4/c1-8(6-13(14)15)10-7-11(16-3)9(2)5-12(10)17-4/h5-7H,1-4H3,(H,14,15)/b8-6+. The van der Waals surface area contributed by atoms with E-state index in [0.717, 1.165) is 17.2 Å². The molecule has 0 saturated carbocycles. The molecule has 0 radical (unpaired) electrons. The van der Waals surface area contributed by atoms with Gasteiger partial charge in [-0.25, -0.2) is 4.79 Å². The van der Waals surface area contributed by atoms with Crippen LogP contribution in [0.5, 0.6) is 11.5 Å². The lowest BCUT2D eigenvalue weighted by atomic mass is 10.0. The molecule has 0 unspecified atom stereocenters. The summed E-state index contributed by atoms with van der Waals surface area (Å²) in [6, 6.07) is 3.61. The van der Waals surface area contributed by atoms with Crippen LogP contribution in [0.4, 0.5) is 0 Å². The third kappa shape index (κ3) is 3.00. The van der Waals surface area contributed by atoms with Gasteiger partial charge in [0.05, 0.1) is 14.2 Å². The van der Waals surface area contributed by atoms with Gasteiger partial charge in [0.2, 0.25) is 0 Å².